The molecule has 0 saturated carbocycles. The van der Waals surface area contributed by atoms with Crippen LogP contribution < -0.4 is 5.32 Å². The van der Waals surface area contributed by atoms with E-state index in [2.05, 4.69) is 21.2 Å². The van der Waals surface area contributed by atoms with Crippen LogP contribution in [0, 0.1) is 5.82 Å². The van der Waals surface area contributed by atoms with E-state index in [1.165, 1.54) is 16.6 Å². The zero-order chi connectivity index (χ0) is 15.2. The molecule has 1 rings (SSSR count). The predicted octanol–water partition coefficient (Wildman–Crippen LogP) is 2.35. The third-order valence-corrected chi connectivity index (χ3v) is 4.92. The van der Waals surface area contributed by atoms with E-state index in [1.807, 2.05) is 13.0 Å². The highest BCUT2D eigenvalue weighted by atomic mass is 79.9. The Morgan fingerprint density at radius 2 is 2.10 bits per heavy atom. The summed E-state index contributed by atoms with van der Waals surface area (Å²) in [5.41, 5.74) is 0.862. The van der Waals surface area contributed by atoms with Gasteiger partial charge in [0.25, 0.3) is 0 Å². The normalized spacial score (nSPS) is 12.1. The SMILES string of the molecule is CCN(CCCNCc1ccc(Br)c(F)c1)S(C)(=O)=O. The van der Waals surface area contributed by atoms with Gasteiger partial charge in [0.2, 0.25) is 10.0 Å². The molecule has 0 atom stereocenters. The van der Waals surface area contributed by atoms with Crippen LogP contribution in [-0.4, -0.2) is 38.6 Å². The Kier molecular flexibility index (Phi) is 7.08. The maximum atomic E-state index is 13.3. The molecule has 0 radical (unpaired) electrons. The zero-order valence-electron chi connectivity index (χ0n) is 11.7. The Bertz CT molecular complexity index is 537. The molecule has 0 spiro atoms. The Labute approximate surface area is 128 Å². The van der Waals surface area contributed by atoms with Gasteiger partial charge in [-0.3, -0.25) is 0 Å². The first-order chi connectivity index (χ1) is 9.34. The smallest absolute Gasteiger partial charge is 0.211 e. The van der Waals surface area contributed by atoms with E-state index in [4.69, 9.17) is 0 Å². The Hall–Kier alpha value is -0.500. The van der Waals surface area contributed by atoms with Crippen molar-refractivity contribution >= 4 is 26.0 Å². The summed E-state index contributed by atoms with van der Waals surface area (Å²) in [7, 11) is -3.11. The highest BCUT2D eigenvalue weighted by Crippen LogP contribution is 2.16. The maximum Gasteiger partial charge on any atom is 0.211 e. The Morgan fingerprint density at radius 1 is 1.40 bits per heavy atom. The Balaban J connectivity index is 2.30. The van der Waals surface area contributed by atoms with E-state index in [9.17, 15) is 12.8 Å². The molecular formula is C13H20BrFN2O2S. The third kappa shape index (κ3) is 5.87. The van der Waals surface area contributed by atoms with Crippen molar-refractivity contribution < 1.29 is 12.8 Å². The molecule has 114 valence electrons. The first kappa shape index (κ1) is 17.6. The number of hydrogen-bond acceptors (Lipinski definition) is 3. The van der Waals surface area contributed by atoms with Crippen LogP contribution in [0.25, 0.3) is 0 Å². The molecule has 4 nitrogen and oxygen atoms in total. The van der Waals surface area contributed by atoms with Gasteiger partial charge >= 0.3 is 0 Å². The van der Waals surface area contributed by atoms with Gasteiger partial charge in [-0.1, -0.05) is 13.0 Å². The summed E-state index contributed by atoms with van der Waals surface area (Å²) < 4.78 is 37.9. The van der Waals surface area contributed by atoms with Crippen molar-refractivity contribution in [2.75, 3.05) is 25.9 Å². The second kappa shape index (κ2) is 8.07. The second-order valence-corrected chi connectivity index (χ2v) is 7.37. The number of sulfonamides is 1. The summed E-state index contributed by atoms with van der Waals surface area (Å²) >= 11 is 3.11. The van der Waals surface area contributed by atoms with Crippen LogP contribution in [0.2, 0.25) is 0 Å². The van der Waals surface area contributed by atoms with Crippen molar-refractivity contribution in [3.05, 3.63) is 34.1 Å². The molecule has 0 amide bonds. The van der Waals surface area contributed by atoms with Crippen LogP contribution in [0.1, 0.15) is 18.9 Å². The van der Waals surface area contributed by atoms with Gasteiger partial charge in [0.1, 0.15) is 5.82 Å². The van der Waals surface area contributed by atoms with Gasteiger partial charge in [-0.25, -0.2) is 17.1 Å². The van der Waals surface area contributed by atoms with Gasteiger partial charge in [-0.2, -0.15) is 0 Å². The number of nitrogens with one attached hydrogen (secondary N) is 1. The minimum Gasteiger partial charge on any atom is -0.313 e. The lowest BCUT2D eigenvalue weighted by atomic mass is 10.2. The topological polar surface area (TPSA) is 49.4 Å². The van der Waals surface area contributed by atoms with Crippen LogP contribution in [0.15, 0.2) is 22.7 Å². The van der Waals surface area contributed by atoms with Crippen molar-refractivity contribution in [3.63, 3.8) is 0 Å². The van der Waals surface area contributed by atoms with Crippen LogP contribution in [0.5, 0.6) is 0 Å². The number of rotatable bonds is 8. The van der Waals surface area contributed by atoms with Crippen molar-refractivity contribution in [3.8, 4) is 0 Å². The molecule has 0 fully saturated rings. The zero-order valence-corrected chi connectivity index (χ0v) is 14.1. The minimum atomic E-state index is -3.11. The second-order valence-electron chi connectivity index (χ2n) is 4.53. The summed E-state index contributed by atoms with van der Waals surface area (Å²) in [6, 6.07) is 5.00. The largest absolute Gasteiger partial charge is 0.313 e. The monoisotopic (exact) mass is 366 g/mol. The first-order valence-electron chi connectivity index (χ1n) is 6.44. The Morgan fingerprint density at radius 3 is 2.65 bits per heavy atom. The lowest BCUT2D eigenvalue weighted by Crippen LogP contribution is -2.32. The minimum absolute atomic E-state index is 0.279. The fourth-order valence-corrected chi connectivity index (χ4v) is 3.00. The average Bonchev–Trinajstić information content (AvgIpc) is 2.36. The number of nitrogens with zero attached hydrogens (tertiary/aromatic N) is 1. The molecule has 0 bridgehead atoms. The van der Waals surface area contributed by atoms with E-state index in [1.54, 1.807) is 6.07 Å². The molecular weight excluding hydrogens is 347 g/mol. The molecule has 7 heteroatoms. The van der Waals surface area contributed by atoms with Crippen molar-refractivity contribution in [1.82, 2.24) is 9.62 Å². The molecule has 20 heavy (non-hydrogen) atoms. The van der Waals surface area contributed by atoms with E-state index in [0.29, 0.717) is 30.7 Å². The van der Waals surface area contributed by atoms with Crippen LogP contribution in [-0.2, 0) is 16.6 Å². The van der Waals surface area contributed by atoms with Crippen molar-refractivity contribution in [2.24, 2.45) is 0 Å². The fraction of sp³-hybridized carbons (Fsp3) is 0.538. The molecule has 0 aromatic heterocycles. The summed E-state index contributed by atoms with van der Waals surface area (Å²) in [6.07, 6.45) is 1.94. The maximum absolute atomic E-state index is 13.3. The predicted molar refractivity (Wildman–Crippen MR) is 82.5 cm³/mol. The summed E-state index contributed by atoms with van der Waals surface area (Å²) in [5.74, 6) is -0.279. The molecule has 1 aromatic rings. The van der Waals surface area contributed by atoms with Crippen LogP contribution in [0.4, 0.5) is 4.39 Å². The molecule has 1 aromatic carbocycles. The lowest BCUT2D eigenvalue weighted by Gasteiger charge is -2.17. The average molecular weight is 367 g/mol. The highest BCUT2D eigenvalue weighted by molar-refractivity contribution is 9.10. The molecule has 0 aliphatic heterocycles. The number of halogens is 2. The number of hydrogen-bond donors (Lipinski definition) is 1. The van der Waals surface area contributed by atoms with Gasteiger partial charge in [0.15, 0.2) is 0 Å². The van der Waals surface area contributed by atoms with Crippen LogP contribution in [0.3, 0.4) is 0 Å². The van der Waals surface area contributed by atoms with E-state index < -0.39 is 10.0 Å². The van der Waals surface area contributed by atoms with Gasteiger partial charge in [0, 0.05) is 19.6 Å². The lowest BCUT2D eigenvalue weighted by molar-refractivity contribution is 0.419. The molecule has 0 aliphatic carbocycles. The van der Waals surface area contributed by atoms with E-state index in [0.717, 1.165) is 12.0 Å². The summed E-state index contributed by atoms with van der Waals surface area (Å²) in [5, 5.41) is 3.18. The molecule has 0 unspecified atom stereocenters. The van der Waals surface area contributed by atoms with Crippen molar-refractivity contribution in [2.45, 2.75) is 19.9 Å². The quantitative estimate of drug-likeness (QED) is 0.718. The number of benzene rings is 1. The highest BCUT2D eigenvalue weighted by Gasteiger charge is 2.12. The van der Waals surface area contributed by atoms with E-state index in [-0.39, 0.29) is 5.82 Å². The molecule has 0 heterocycles. The molecule has 0 aliphatic rings. The summed E-state index contributed by atoms with van der Waals surface area (Å²) in [6.45, 7) is 4.05. The third-order valence-electron chi connectivity index (χ3n) is 2.90. The molecule has 1 N–H and O–H groups in total. The van der Waals surface area contributed by atoms with Crippen molar-refractivity contribution in [1.29, 1.82) is 0 Å². The molecule has 0 saturated heterocycles. The van der Waals surface area contributed by atoms with Gasteiger partial charge < -0.3 is 5.32 Å². The fourth-order valence-electron chi connectivity index (χ4n) is 1.82. The standard InChI is InChI=1S/C13H20BrFN2O2S/c1-3-17(20(2,18)19)8-4-7-16-10-11-5-6-12(14)13(15)9-11/h5-6,9,16H,3-4,7-8,10H2,1-2H3. The van der Waals surface area contributed by atoms with Gasteiger partial charge in [-0.05, 0) is 46.6 Å². The van der Waals surface area contributed by atoms with E-state index >= 15 is 0 Å². The first-order valence-corrected chi connectivity index (χ1v) is 9.08. The van der Waals surface area contributed by atoms with Gasteiger partial charge in [0.05, 0.1) is 10.7 Å². The summed E-state index contributed by atoms with van der Waals surface area (Å²) in [4.78, 5) is 0. The van der Waals surface area contributed by atoms with Gasteiger partial charge in [-0.15, -0.1) is 0 Å². The van der Waals surface area contributed by atoms with Crippen LogP contribution >= 0.6 is 15.9 Å².